The number of carbonyl (C=O) groups is 1. The highest BCUT2D eigenvalue weighted by Gasteiger charge is 2.41. The molecule has 7 nitrogen and oxygen atoms in total. The number of rotatable bonds is 4. The van der Waals surface area contributed by atoms with E-state index >= 15 is 0 Å². The molecule has 6 rings (SSSR count). The molecule has 0 saturated carbocycles. The molecule has 1 aliphatic heterocycles. The average Bonchev–Trinajstić information content (AvgIpc) is 3.52. The molecule has 2 N–H and O–H groups in total. The molecular formula is C27H21ClN6OS. The van der Waals surface area contributed by atoms with Gasteiger partial charge in [-0.3, -0.25) is 9.69 Å². The van der Waals surface area contributed by atoms with Crippen LogP contribution < -0.4 is 10.6 Å². The number of nitrogens with two attached hydrogens (primary N) is 1. The van der Waals surface area contributed by atoms with Crippen LogP contribution in [0.4, 0.5) is 5.69 Å². The van der Waals surface area contributed by atoms with Gasteiger partial charge in [-0.1, -0.05) is 23.7 Å². The third-order valence-electron chi connectivity index (χ3n) is 6.73. The Morgan fingerprint density at radius 2 is 2.06 bits per heavy atom. The van der Waals surface area contributed by atoms with Gasteiger partial charge in [0.15, 0.2) is 10.9 Å². The summed E-state index contributed by atoms with van der Waals surface area (Å²) < 4.78 is 2.10. The number of carbonyl (C=O) groups excluding carboxylic acids is 1. The third-order valence-corrected chi connectivity index (χ3v) is 8.07. The van der Waals surface area contributed by atoms with Gasteiger partial charge < -0.3 is 10.3 Å². The number of halogens is 1. The molecule has 1 unspecified atom stereocenters. The number of hydrogen-bond donors (Lipinski definition) is 1. The summed E-state index contributed by atoms with van der Waals surface area (Å²) in [6, 6.07) is 16.0. The zero-order valence-electron chi connectivity index (χ0n) is 19.2. The minimum Gasteiger partial charge on any atom is -0.384 e. The molecular weight excluding hydrogens is 492 g/mol. The minimum absolute atomic E-state index is 0.0436. The molecule has 1 aliphatic carbocycles. The van der Waals surface area contributed by atoms with Gasteiger partial charge in [0.1, 0.15) is 5.82 Å². The third kappa shape index (κ3) is 3.60. The van der Waals surface area contributed by atoms with Gasteiger partial charge in [-0.05, 0) is 54.1 Å². The van der Waals surface area contributed by atoms with Gasteiger partial charge in [0.05, 0.1) is 40.6 Å². The van der Waals surface area contributed by atoms with Crippen LogP contribution in [0.1, 0.15) is 35.6 Å². The van der Waals surface area contributed by atoms with Crippen molar-refractivity contribution in [3.8, 4) is 6.07 Å². The smallest absolute Gasteiger partial charge is 0.161 e. The summed E-state index contributed by atoms with van der Waals surface area (Å²) in [6.07, 6.45) is 5.27. The van der Waals surface area contributed by atoms with Gasteiger partial charge in [-0.2, -0.15) is 5.26 Å². The Morgan fingerprint density at radius 3 is 2.89 bits per heavy atom. The predicted octanol–water partition coefficient (Wildman–Crippen LogP) is 5.50. The number of nitrogens with zero attached hydrogens (tertiary/aromatic N) is 5. The van der Waals surface area contributed by atoms with Crippen LogP contribution in [-0.2, 0) is 11.3 Å². The van der Waals surface area contributed by atoms with Gasteiger partial charge in [-0.15, -0.1) is 11.3 Å². The summed E-state index contributed by atoms with van der Waals surface area (Å²) in [5.74, 6) is -0.161. The predicted molar refractivity (Wildman–Crippen MR) is 140 cm³/mol. The van der Waals surface area contributed by atoms with Crippen molar-refractivity contribution in [3.63, 3.8) is 0 Å². The first-order chi connectivity index (χ1) is 17.6. The largest absolute Gasteiger partial charge is 0.384 e. The quantitative estimate of drug-likeness (QED) is 0.362. The summed E-state index contributed by atoms with van der Waals surface area (Å²) in [4.78, 5) is 24.7. The maximum Gasteiger partial charge on any atom is 0.161 e. The van der Waals surface area contributed by atoms with Gasteiger partial charge >= 0.3 is 0 Å². The van der Waals surface area contributed by atoms with E-state index in [4.69, 9.17) is 17.3 Å². The van der Waals surface area contributed by atoms with Crippen LogP contribution in [0.15, 0.2) is 83.0 Å². The van der Waals surface area contributed by atoms with Crippen molar-refractivity contribution in [2.24, 2.45) is 5.73 Å². The first-order valence-corrected chi connectivity index (χ1v) is 12.9. The molecule has 4 heterocycles. The van der Waals surface area contributed by atoms with E-state index in [2.05, 4.69) is 32.1 Å². The lowest BCUT2D eigenvalue weighted by Gasteiger charge is -2.39. The molecule has 0 radical (unpaired) electrons. The zero-order chi connectivity index (χ0) is 24.8. The van der Waals surface area contributed by atoms with E-state index in [1.54, 1.807) is 34.6 Å². The lowest BCUT2D eigenvalue weighted by molar-refractivity contribution is -0.116. The van der Waals surface area contributed by atoms with Gasteiger partial charge in [-0.25, -0.2) is 9.97 Å². The molecule has 1 atom stereocenters. The Hall–Kier alpha value is -3.93. The standard InChI is InChI=1S/C27H21ClN6OS/c28-26-21(8-4-10-31-26)34-20-7-3-9-22(35)25(20)24(17(12-29)27(34)30)23-11-16(14-36-23)13-33-15-32-18-5-1-2-6-19(18)33/h1-2,4-6,8,10-11,14-15,24H,3,7,9,13,30H2. The van der Waals surface area contributed by atoms with Crippen molar-refractivity contribution < 1.29 is 4.79 Å². The monoisotopic (exact) mass is 512 g/mol. The number of Topliss-reactive ketones (excluding diaryl/α,β-unsaturated/α-hetero) is 1. The second-order valence-electron chi connectivity index (χ2n) is 8.85. The van der Waals surface area contributed by atoms with Crippen molar-refractivity contribution in [2.45, 2.75) is 31.7 Å². The van der Waals surface area contributed by atoms with Gasteiger partial charge in [0, 0.05) is 35.3 Å². The highest BCUT2D eigenvalue weighted by atomic mass is 35.5. The summed E-state index contributed by atoms with van der Waals surface area (Å²) in [5, 5.41) is 12.6. The normalized spacial score (nSPS) is 18.1. The SMILES string of the molecule is N#CC1=C(N)N(c2cccnc2Cl)C2=C(C(=O)CCC2)C1c1cc(Cn2cnc3ccccc32)cs1. The fourth-order valence-electron chi connectivity index (χ4n) is 5.15. The van der Waals surface area contributed by atoms with E-state index in [1.165, 1.54) is 0 Å². The van der Waals surface area contributed by atoms with E-state index in [0.29, 0.717) is 42.0 Å². The molecule has 3 aromatic heterocycles. The lowest BCUT2D eigenvalue weighted by Crippen LogP contribution is -2.38. The maximum absolute atomic E-state index is 13.3. The van der Waals surface area contributed by atoms with E-state index in [9.17, 15) is 10.1 Å². The number of nitriles is 1. The van der Waals surface area contributed by atoms with Crippen molar-refractivity contribution in [2.75, 3.05) is 4.90 Å². The van der Waals surface area contributed by atoms with E-state index in [0.717, 1.165) is 33.6 Å². The van der Waals surface area contributed by atoms with Gasteiger partial charge in [0.2, 0.25) is 0 Å². The Morgan fingerprint density at radius 1 is 1.19 bits per heavy atom. The molecule has 0 fully saturated rings. The number of thiophene rings is 1. The highest BCUT2D eigenvalue weighted by molar-refractivity contribution is 7.10. The fourth-order valence-corrected chi connectivity index (χ4v) is 6.38. The van der Waals surface area contributed by atoms with Crippen molar-refractivity contribution in [3.05, 3.63) is 98.6 Å². The second kappa shape index (κ2) is 8.94. The molecule has 0 amide bonds. The molecule has 0 bridgehead atoms. The first kappa shape index (κ1) is 22.5. The number of para-hydroxylation sites is 2. The molecule has 0 saturated heterocycles. The number of fused-ring (bicyclic) bond motifs is 1. The molecule has 4 aromatic rings. The van der Waals surface area contributed by atoms with Crippen molar-refractivity contribution in [1.29, 1.82) is 5.26 Å². The second-order valence-corrected chi connectivity index (χ2v) is 10.1. The zero-order valence-corrected chi connectivity index (χ0v) is 20.8. The number of pyridine rings is 1. The number of ketones is 1. The molecule has 178 valence electrons. The van der Waals surface area contributed by atoms with Gasteiger partial charge in [0.25, 0.3) is 0 Å². The summed E-state index contributed by atoms with van der Waals surface area (Å²) in [5.41, 5.74) is 12.1. The van der Waals surface area contributed by atoms with Crippen LogP contribution >= 0.6 is 22.9 Å². The number of allylic oxidation sites excluding steroid dienone is 3. The molecule has 2 aliphatic rings. The average molecular weight is 513 g/mol. The highest BCUT2D eigenvalue weighted by Crippen LogP contribution is 2.48. The molecule has 9 heteroatoms. The number of benzene rings is 1. The van der Waals surface area contributed by atoms with E-state index < -0.39 is 5.92 Å². The number of hydrogen-bond acceptors (Lipinski definition) is 7. The lowest BCUT2D eigenvalue weighted by atomic mass is 9.78. The number of aromatic nitrogens is 3. The van der Waals surface area contributed by atoms with Crippen LogP contribution in [0.5, 0.6) is 0 Å². The Bertz CT molecular complexity index is 1620. The molecule has 36 heavy (non-hydrogen) atoms. The molecule has 1 aromatic carbocycles. The van der Waals surface area contributed by atoms with E-state index in [-0.39, 0.29) is 10.9 Å². The van der Waals surface area contributed by atoms with Crippen LogP contribution in [0.2, 0.25) is 5.15 Å². The minimum atomic E-state index is -0.497. The number of imidazole rings is 1. The Labute approximate surface area is 216 Å². The first-order valence-electron chi connectivity index (χ1n) is 11.6. The number of anilines is 1. The Kier molecular flexibility index (Phi) is 5.59. The van der Waals surface area contributed by atoms with Crippen LogP contribution in [0.3, 0.4) is 0 Å². The van der Waals surface area contributed by atoms with Crippen LogP contribution in [0.25, 0.3) is 11.0 Å². The summed E-state index contributed by atoms with van der Waals surface area (Å²) in [7, 11) is 0. The summed E-state index contributed by atoms with van der Waals surface area (Å²) in [6.45, 7) is 0.641. The molecule has 0 spiro atoms. The fraction of sp³-hybridized carbons (Fsp3) is 0.185. The van der Waals surface area contributed by atoms with Crippen LogP contribution in [-0.4, -0.2) is 20.3 Å². The summed E-state index contributed by atoms with van der Waals surface area (Å²) >= 11 is 7.97. The topological polar surface area (TPSA) is 101 Å². The van der Waals surface area contributed by atoms with Crippen LogP contribution in [0, 0.1) is 11.3 Å². The van der Waals surface area contributed by atoms with Crippen molar-refractivity contribution in [1.82, 2.24) is 14.5 Å². The van der Waals surface area contributed by atoms with E-state index in [1.807, 2.05) is 30.6 Å². The maximum atomic E-state index is 13.3. The Balaban J connectivity index is 1.44. The van der Waals surface area contributed by atoms with Crippen molar-refractivity contribution >= 4 is 45.4 Å².